The van der Waals surface area contributed by atoms with E-state index in [0.717, 1.165) is 5.75 Å². The number of rotatable bonds is 7. The zero-order valence-corrected chi connectivity index (χ0v) is 12.3. The van der Waals surface area contributed by atoms with Crippen molar-refractivity contribution in [1.29, 1.82) is 0 Å². The maximum atomic E-state index is 12.0. The number of amides is 2. The van der Waals surface area contributed by atoms with Crippen molar-refractivity contribution in [2.45, 2.75) is 32.4 Å². The Labute approximate surface area is 117 Å². The van der Waals surface area contributed by atoms with Crippen molar-refractivity contribution in [2.75, 3.05) is 12.0 Å². The van der Waals surface area contributed by atoms with Gasteiger partial charge >= 0.3 is 0 Å². The second-order valence-electron chi connectivity index (χ2n) is 4.45. The van der Waals surface area contributed by atoms with Gasteiger partial charge in [0.05, 0.1) is 6.26 Å². The molecule has 1 atom stereocenters. The molecule has 2 amide bonds. The molecule has 0 aliphatic carbocycles. The molecule has 106 valence electrons. The third kappa shape index (κ3) is 5.38. The molecule has 0 fully saturated rings. The van der Waals surface area contributed by atoms with Crippen LogP contribution in [-0.4, -0.2) is 35.9 Å². The molecule has 0 saturated heterocycles. The fourth-order valence-corrected chi connectivity index (χ4v) is 2.00. The Kier molecular flexibility index (Phi) is 6.49. The van der Waals surface area contributed by atoms with Crippen LogP contribution < -0.4 is 10.6 Å². The van der Waals surface area contributed by atoms with Gasteiger partial charge in [-0.2, -0.15) is 11.8 Å². The number of thioether (sulfide) groups is 1. The van der Waals surface area contributed by atoms with Crippen LogP contribution in [0.15, 0.2) is 22.8 Å². The first kappa shape index (κ1) is 15.6. The summed E-state index contributed by atoms with van der Waals surface area (Å²) in [5.41, 5.74) is 0. The van der Waals surface area contributed by atoms with Crippen LogP contribution in [0.2, 0.25) is 0 Å². The molecule has 1 aromatic rings. The maximum absolute atomic E-state index is 12.0. The van der Waals surface area contributed by atoms with Gasteiger partial charge in [-0.05, 0) is 44.4 Å². The molecule has 0 radical (unpaired) electrons. The molecular weight excluding hydrogens is 264 g/mol. The lowest BCUT2D eigenvalue weighted by molar-refractivity contribution is -0.123. The molecular formula is C13H20N2O3S. The summed E-state index contributed by atoms with van der Waals surface area (Å²) in [6.07, 6.45) is 3.98. The second kappa shape index (κ2) is 7.89. The lowest BCUT2D eigenvalue weighted by atomic mass is 10.2. The molecule has 2 N–H and O–H groups in total. The van der Waals surface area contributed by atoms with E-state index in [9.17, 15) is 9.59 Å². The third-order valence-electron chi connectivity index (χ3n) is 2.41. The minimum absolute atomic E-state index is 0.0461. The van der Waals surface area contributed by atoms with Crippen molar-refractivity contribution in [2.24, 2.45) is 0 Å². The molecule has 5 nitrogen and oxygen atoms in total. The van der Waals surface area contributed by atoms with E-state index < -0.39 is 6.04 Å². The highest BCUT2D eigenvalue weighted by Crippen LogP contribution is 2.05. The Morgan fingerprint density at radius 2 is 2.11 bits per heavy atom. The summed E-state index contributed by atoms with van der Waals surface area (Å²) in [6, 6.07) is 2.72. The Bertz CT molecular complexity index is 404. The summed E-state index contributed by atoms with van der Waals surface area (Å²) in [5.74, 6) is 0.486. The van der Waals surface area contributed by atoms with E-state index >= 15 is 0 Å². The molecule has 1 rings (SSSR count). The van der Waals surface area contributed by atoms with Gasteiger partial charge in [-0.15, -0.1) is 0 Å². The molecule has 6 heteroatoms. The highest BCUT2D eigenvalue weighted by Gasteiger charge is 2.22. The Balaban J connectivity index is 2.63. The zero-order valence-electron chi connectivity index (χ0n) is 11.4. The lowest BCUT2D eigenvalue weighted by Gasteiger charge is -2.19. The molecule has 0 aromatic carbocycles. The smallest absolute Gasteiger partial charge is 0.287 e. The predicted octanol–water partition coefficient (Wildman–Crippen LogP) is 1.66. The molecule has 0 aliphatic heterocycles. The predicted molar refractivity (Wildman–Crippen MR) is 76.2 cm³/mol. The molecule has 1 aromatic heterocycles. The van der Waals surface area contributed by atoms with Crippen LogP contribution >= 0.6 is 11.8 Å². The molecule has 0 bridgehead atoms. The van der Waals surface area contributed by atoms with Gasteiger partial charge in [0.15, 0.2) is 5.76 Å². The monoisotopic (exact) mass is 284 g/mol. The van der Waals surface area contributed by atoms with Gasteiger partial charge < -0.3 is 15.1 Å². The van der Waals surface area contributed by atoms with Crippen molar-refractivity contribution in [3.8, 4) is 0 Å². The SMILES string of the molecule is CSCC[C@H](NC(=O)c1ccco1)C(=O)NC(C)C. The van der Waals surface area contributed by atoms with E-state index in [1.165, 1.54) is 6.26 Å². The summed E-state index contributed by atoms with van der Waals surface area (Å²) >= 11 is 1.64. The molecule has 0 unspecified atom stereocenters. The summed E-state index contributed by atoms with van der Waals surface area (Å²) in [5, 5.41) is 5.51. The zero-order chi connectivity index (χ0) is 14.3. The first-order chi connectivity index (χ1) is 9.04. The van der Waals surface area contributed by atoms with Crippen molar-refractivity contribution >= 4 is 23.6 Å². The van der Waals surface area contributed by atoms with Gasteiger partial charge in [0, 0.05) is 6.04 Å². The summed E-state index contributed by atoms with van der Waals surface area (Å²) in [4.78, 5) is 23.9. The van der Waals surface area contributed by atoms with E-state index in [1.807, 2.05) is 20.1 Å². The molecule has 19 heavy (non-hydrogen) atoms. The first-order valence-corrected chi connectivity index (χ1v) is 7.57. The Morgan fingerprint density at radius 1 is 1.37 bits per heavy atom. The van der Waals surface area contributed by atoms with E-state index in [0.29, 0.717) is 6.42 Å². The average Bonchev–Trinajstić information content (AvgIpc) is 2.86. The van der Waals surface area contributed by atoms with Crippen LogP contribution in [-0.2, 0) is 4.79 Å². The highest BCUT2D eigenvalue weighted by molar-refractivity contribution is 7.98. The maximum Gasteiger partial charge on any atom is 0.287 e. The van der Waals surface area contributed by atoms with Gasteiger partial charge in [-0.25, -0.2) is 0 Å². The quantitative estimate of drug-likeness (QED) is 0.799. The Hall–Kier alpha value is -1.43. The van der Waals surface area contributed by atoms with Crippen LogP contribution in [0.25, 0.3) is 0 Å². The molecule has 0 spiro atoms. The van der Waals surface area contributed by atoms with Gasteiger partial charge in [0.2, 0.25) is 5.91 Å². The molecule has 1 heterocycles. The second-order valence-corrected chi connectivity index (χ2v) is 5.43. The van der Waals surface area contributed by atoms with Crippen LogP contribution in [0.4, 0.5) is 0 Å². The van der Waals surface area contributed by atoms with Crippen LogP contribution in [0.1, 0.15) is 30.8 Å². The normalized spacial score (nSPS) is 12.2. The largest absolute Gasteiger partial charge is 0.459 e. The number of carbonyl (C=O) groups excluding carboxylic acids is 2. The van der Waals surface area contributed by atoms with Crippen molar-refractivity contribution < 1.29 is 14.0 Å². The van der Waals surface area contributed by atoms with Crippen molar-refractivity contribution in [3.05, 3.63) is 24.2 Å². The number of furan rings is 1. The number of nitrogens with one attached hydrogen (secondary N) is 2. The van der Waals surface area contributed by atoms with Crippen LogP contribution in [0.5, 0.6) is 0 Å². The lowest BCUT2D eigenvalue weighted by Crippen LogP contribution is -2.48. The standard InChI is InChI=1S/C13H20N2O3S/c1-9(2)14-12(16)10(6-8-19-3)15-13(17)11-5-4-7-18-11/h4-5,7,9-10H,6,8H2,1-3H3,(H,14,16)(H,15,17)/t10-/m0/s1. The van der Waals surface area contributed by atoms with Crippen LogP contribution in [0, 0.1) is 0 Å². The van der Waals surface area contributed by atoms with Crippen molar-refractivity contribution in [3.63, 3.8) is 0 Å². The number of carbonyl (C=O) groups is 2. The molecule has 0 aliphatic rings. The van der Waals surface area contributed by atoms with E-state index in [4.69, 9.17) is 4.42 Å². The van der Waals surface area contributed by atoms with Gasteiger partial charge in [-0.1, -0.05) is 0 Å². The van der Waals surface area contributed by atoms with E-state index in [1.54, 1.807) is 23.9 Å². The van der Waals surface area contributed by atoms with E-state index in [2.05, 4.69) is 10.6 Å². The van der Waals surface area contributed by atoms with Crippen LogP contribution in [0.3, 0.4) is 0 Å². The van der Waals surface area contributed by atoms with Gasteiger partial charge in [0.25, 0.3) is 5.91 Å². The summed E-state index contributed by atoms with van der Waals surface area (Å²) in [7, 11) is 0. The van der Waals surface area contributed by atoms with E-state index in [-0.39, 0.29) is 23.6 Å². The summed E-state index contributed by atoms with van der Waals surface area (Å²) < 4.78 is 5.01. The number of hydrogen-bond donors (Lipinski definition) is 2. The third-order valence-corrected chi connectivity index (χ3v) is 3.05. The highest BCUT2D eigenvalue weighted by atomic mass is 32.2. The van der Waals surface area contributed by atoms with Gasteiger partial charge in [0.1, 0.15) is 6.04 Å². The van der Waals surface area contributed by atoms with Gasteiger partial charge in [-0.3, -0.25) is 9.59 Å². The average molecular weight is 284 g/mol. The fourth-order valence-electron chi connectivity index (χ4n) is 1.53. The Morgan fingerprint density at radius 3 is 2.63 bits per heavy atom. The minimum atomic E-state index is -0.535. The number of hydrogen-bond acceptors (Lipinski definition) is 4. The molecule has 0 saturated carbocycles. The fraction of sp³-hybridized carbons (Fsp3) is 0.538. The summed E-state index contributed by atoms with van der Waals surface area (Å²) in [6.45, 7) is 3.77. The van der Waals surface area contributed by atoms with Crippen molar-refractivity contribution in [1.82, 2.24) is 10.6 Å². The minimum Gasteiger partial charge on any atom is -0.459 e. The topological polar surface area (TPSA) is 71.3 Å². The first-order valence-electron chi connectivity index (χ1n) is 6.18.